The highest BCUT2D eigenvalue weighted by Crippen LogP contribution is 2.24. The van der Waals surface area contributed by atoms with Crippen LogP contribution in [0.15, 0.2) is 40.8 Å². The third kappa shape index (κ3) is 2.44. The van der Waals surface area contributed by atoms with Gasteiger partial charge in [0.05, 0.1) is 17.6 Å². The van der Waals surface area contributed by atoms with E-state index >= 15 is 0 Å². The molecule has 0 spiro atoms. The summed E-state index contributed by atoms with van der Waals surface area (Å²) >= 11 is 1.47. The van der Waals surface area contributed by atoms with Crippen LogP contribution in [0.25, 0.3) is 0 Å². The van der Waals surface area contributed by atoms with E-state index in [4.69, 9.17) is 5.73 Å². The Morgan fingerprint density at radius 1 is 1.20 bits per heavy atom. The van der Waals surface area contributed by atoms with E-state index in [1.54, 1.807) is 18.6 Å². The highest BCUT2D eigenvalue weighted by Gasteiger charge is 2.01. The fourth-order valence-corrected chi connectivity index (χ4v) is 1.81. The van der Waals surface area contributed by atoms with Crippen LogP contribution < -0.4 is 5.73 Å². The number of nitrogens with two attached hydrogens (primary N) is 1. The highest BCUT2D eigenvalue weighted by atomic mass is 32.2. The smallest absolute Gasteiger partial charge is 0.121 e. The SMILES string of the molecule is Cc1nc(Sc2cnccn2)ccc1N. The van der Waals surface area contributed by atoms with E-state index in [2.05, 4.69) is 15.0 Å². The first-order valence-electron chi connectivity index (χ1n) is 4.43. The molecule has 0 bridgehead atoms. The van der Waals surface area contributed by atoms with E-state index in [0.29, 0.717) is 5.69 Å². The fraction of sp³-hybridized carbons (Fsp3) is 0.100. The van der Waals surface area contributed by atoms with E-state index < -0.39 is 0 Å². The van der Waals surface area contributed by atoms with Crippen LogP contribution in [0.2, 0.25) is 0 Å². The Morgan fingerprint density at radius 3 is 2.73 bits per heavy atom. The number of aryl methyl sites for hydroxylation is 1. The van der Waals surface area contributed by atoms with Crippen molar-refractivity contribution >= 4 is 17.4 Å². The summed E-state index contributed by atoms with van der Waals surface area (Å²) in [5.41, 5.74) is 7.23. The maximum absolute atomic E-state index is 5.68. The van der Waals surface area contributed by atoms with Gasteiger partial charge >= 0.3 is 0 Å². The molecule has 0 aliphatic carbocycles. The number of anilines is 1. The summed E-state index contributed by atoms with van der Waals surface area (Å²) in [5.74, 6) is 0. The van der Waals surface area contributed by atoms with Gasteiger partial charge in [-0.2, -0.15) is 0 Å². The van der Waals surface area contributed by atoms with Crippen molar-refractivity contribution in [3.05, 3.63) is 36.4 Å². The Bertz CT molecular complexity index is 458. The molecule has 0 aliphatic rings. The van der Waals surface area contributed by atoms with Crippen molar-refractivity contribution in [3.8, 4) is 0 Å². The molecule has 0 saturated heterocycles. The quantitative estimate of drug-likeness (QED) is 0.834. The Kier molecular flexibility index (Phi) is 2.82. The van der Waals surface area contributed by atoms with E-state index in [0.717, 1.165) is 15.7 Å². The Balaban J connectivity index is 2.22. The summed E-state index contributed by atoms with van der Waals surface area (Å²) in [6, 6.07) is 3.72. The van der Waals surface area contributed by atoms with Crippen LogP contribution in [0.5, 0.6) is 0 Å². The molecule has 0 radical (unpaired) electrons. The Morgan fingerprint density at radius 2 is 2.07 bits per heavy atom. The van der Waals surface area contributed by atoms with Crippen molar-refractivity contribution in [1.29, 1.82) is 0 Å². The molecule has 4 nitrogen and oxygen atoms in total. The molecule has 0 aromatic carbocycles. The predicted octanol–water partition coefficient (Wildman–Crippen LogP) is 1.91. The molecule has 15 heavy (non-hydrogen) atoms. The molecule has 0 atom stereocenters. The minimum absolute atomic E-state index is 0.707. The van der Waals surface area contributed by atoms with Crippen molar-refractivity contribution < 1.29 is 0 Å². The second kappa shape index (κ2) is 4.27. The second-order valence-corrected chi connectivity index (χ2v) is 4.01. The zero-order valence-corrected chi connectivity index (χ0v) is 9.03. The highest BCUT2D eigenvalue weighted by molar-refractivity contribution is 7.99. The Labute approximate surface area is 92.0 Å². The van der Waals surface area contributed by atoms with Gasteiger partial charge in [0.15, 0.2) is 0 Å². The average molecular weight is 218 g/mol. The molecule has 0 aliphatic heterocycles. The fourth-order valence-electron chi connectivity index (χ4n) is 1.05. The van der Waals surface area contributed by atoms with Crippen LogP contribution in [0.3, 0.4) is 0 Å². The second-order valence-electron chi connectivity index (χ2n) is 2.97. The molecule has 0 unspecified atom stereocenters. The predicted molar refractivity (Wildman–Crippen MR) is 59.5 cm³/mol. The van der Waals surface area contributed by atoms with Gasteiger partial charge in [-0.1, -0.05) is 0 Å². The summed E-state index contributed by atoms with van der Waals surface area (Å²) in [5, 5.41) is 1.70. The van der Waals surface area contributed by atoms with Crippen LogP contribution in [0.1, 0.15) is 5.69 Å². The number of rotatable bonds is 2. The monoisotopic (exact) mass is 218 g/mol. The normalized spacial score (nSPS) is 10.2. The van der Waals surface area contributed by atoms with Gasteiger partial charge in [0.2, 0.25) is 0 Å². The number of hydrogen-bond donors (Lipinski definition) is 1. The van der Waals surface area contributed by atoms with Gasteiger partial charge in [-0.05, 0) is 30.8 Å². The number of hydrogen-bond acceptors (Lipinski definition) is 5. The van der Waals surface area contributed by atoms with Crippen molar-refractivity contribution in [2.24, 2.45) is 0 Å². The summed E-state index contributed by atoms with van der Waals surface area (Å²) in [4.78, 5) is 12.5. The molecule has 2 heterocycles. The van der Waals surface area contributed by atoms with Crippen molar-refractivity contribution in [2.75, 3.05) is 5.73 Å². The summed E-state index contributed by atoms with van der Waals surface area (Å²) in [6.07, 6.45) is 5.01. The van der Waals surface area contributed by atoms with Crippen LogP contribution in [0, 0.1) is 6.92 Å². The van der Waals surface area contributed by atoms with Gasteiger partial charge < -0.3 is 5.73 Å². The van der Waals surface area contributed by atoms with Gasteiger partial charge in [-0.3, -0.25) is 4.98 Å². The van der Waals surface area contributed by atoms with Crippen molar-refractivity contribution in [3.63, 3.8) is 0 Å². The number of nitrogen functional groups attached to an aromatic ring is 1. The first-order chi connectivity index (χ1) is 7.25. The van der Waals surface area contributed by atoms with E-state index in [1.807, 2.05) is 19.1 Å². The average Bonchev–Trinajstić information content (AvgIpc) is 2.25. The third-order valence-electron chi connectivity index (χ3n) is 1.85. The zero-order chi connectivity index (χ0) is 10.7. The van der Waals surface area contributed by atoms with E-state index in [9.17, 15) is 0 Å². The molecule has 0 fully saturated rings. The standard InChI is InChI=1S/C10H10N4S/c1-7-8(11)2-3-9(14-7)15-10-6-12-4-5-13-10/h2-6H,11H2,1H3. The first-order valence-corrected chi connectivity index (χ1v) is 5.24. The van der Waals surface area contributed by atoms with Crippen LogP contribution in [-0.2, 0) is 0 Å². The lowest BCUT2D eigenvalue weighted by Gasteiger charge is -2.02. The molecule has 0 saturated carbocycles. The van der Waals surface area contributed by atoms with Gasteiger partial charge in [-0.15, -0.1) is 0 Å². The molecule has 2 N–H and O–H groups in total. The van der Waals surface area contributed by atoms with Crippen LogP contribution >= 0.6 is 11.8 Å². The molecule has 2 rings (SSSR count). The molecule has 2 aromatic heterocycles. The molecule has 76 valence electrons. The largest absolute Gasteiger partial charge is 0.397 e. The van der Waals surface area contributed by atoms with E-state index in [-0.39, 0.29) is 0 Å². The maximum atomic E-state index is 5.68. The summed E-state index contributed by atoms with van der Waals surface area (Å²) < 4.78 is 0. The Hall–Kier alpha value is -1.62. The van der Waals surface area contributed by atoms with Crippen molar-refractivity contribution in [2.45, 2.75) is 17.0 Å². The van der Waals surface area contributed by atoms with Crippen molar-refractivity contribution in [1.82, 2.24) is 15.0 Å². The number of pyridine rings is 1. The minimum atomic E-state index is 0.707. The molecule has 5 heteroatoms. The lowest BCUT2D eigenvalue weighted by atomic mass is 10.3. The summed E-state index contributed by atoms with van der Waals surface area (Å²) in [6.45, 7) is 1.88. The molecule has 2 aromatic rings. The first kappa shape index (κ1) is 9.92. The zero-order valence-electron chi connectivity index (χ0n) is 8.21. The minimum Gasteiger partial charge on any atom is -0.397 e. The number of nitrogens with zero attached hydrogens (tertiary/aromatic N) is 3. The van der Waals surface area contributed by atoms with E-state index in [1.165, 1.54) is 11.8 Å². The lowest BCUT2D eigenvalue weighted by molar-refractivity contribution is 1.03. The van der Waals surface area contributed by atoms with Crippen LogP contribution in [-0.4, -0.2) is 15.0 Å². The topological polar surface area (TPSA) is 64.7 Å². The third-order valence-corrected chi connectivity index (χ3v) is 2.71. The number of aromatic nitrogens is 3. The summed E-state index contributed by atoms with van der Waals surface area (Å²) in [7, 11) is 0. The molecule has 0 amide bonds. The maximum Gasteiger partial charge on any atom is 0.121 e. The lowest BCUT2D eigenvalue weighted by Crippen LogP contribution is -1.93. The van der Waals surface area contributed by atoms with Gasteiger partial charge in [0.1, 0.15) is 10.1 Å². The van der Waals surface area contributed by atoms with Gasteiger partial charge in [0, 0.05) is 12.4 Å². The van der Waals surface area contributed by atoms with Gasteiger partial charge in [-0.25, -0.2) is 9.97 Å². The molecular weight excluding hydrogens is 208 g/mol. The van der Waals surface area contributed by atoms with Crippen LogP contribution in [0.4, 0.5) is 5.69 Å². The molecular formula is C10H10N4S. The van der Waals surface area contributed by atoms with Gasteiger partial charge in [0.25, 0.3) is 0 Å².